The molecule has 0 aromatic rings. The Kier molecular flexibility index (Phi) is 3.58. The van der Waals surface area contributed by atoms with Gasteiger partial charge in [-0.1, -0.05) is 41.0 Å². The Morgan fingerprint density at radius 2 is 1.77 bits per heavy atom. The quantitative estimate of drug-likeness (QED) is 0.627. The van der Waals surface area contributed by atoms with Gasteiger partial charge in [0.05, 0.1) is 0 Å². The van der Waals surface area contributed by atoms with Crippen LogP contribution in [0.2, 0.25) is 16.6 Å². The fourth-order valence-electron chi connectivity index (χ4n) is 3.19. The predicted octanol–water partition coefficient (Wildman–Crippen LogP) is 3.95. The van der Waals surface area contributed by atoms with Crippen LogP contribution in [0, 0.1) is 0 Å². The normalized spacial score (nSPS) is 27.5. The van der Waals surface area contributed by atoms with Crippen molar-refractivity contribution < 1.29 is 4.43 Å². The highest BCUT2D eigenvalue weighted by atomic mass is 28.4. The summed E-state index contributed by atoms with van der Waals surface area (Å²) in [6.45, 7) is 12.8. The van der Waals surface area contributed by atoms with E-state index in [0.717, 1.165) is 23.2 Å². The first-order valence-electron chi connectivity index (χ1n) is 5.69. The van der Waals surface area contributed by atoms with Crippen molar-refractivity contribution in [2.24, 2.45) is 0 Å². The third-order valence-electron chi connectivity index (χ3n) is 3.75. The SMILES string of the molecule is CCC1CCO[Si]1(C(C)C)C(C)C. The van der Waals surface area contributed by atoms with E-state index in [-0.39, 0.29) is 0 Å². The molecule has 0 aromatic heterocycles. The molecule has 0 aromatic carbocycles. The van der Waals surface area contributed by atoms with Crippen LogP contribution in [0.4, 0.5) is 0 Å². The van der Waals surface area contributed by atoms with Gasteiger partial charge in [-0.2, -0.15) is 0 Å². The van der Waals surface area contributed by atoms with E-state index in [2.05, 4.69) is 34.6 Å². The van der Waals surface area contributed by atoms with E-state index in [0.29, 0.717) is 0 Å². The monoisotopic (exact) mass is 200 g/mol. The highest BCUT2D eigenvalue weighted by Crippen LogP contribution is 2.49. The molecule has 2 heteroatoms. The summed E-state index contributed by atoms with van der Waals surface area (Å²) in [7, 11) is -1.42. The highest BCUT2D eigenvalue weighted by molar-refractivity contribution is 6.78. The molecule has 78 valence electrons. The molecule has 0 aliphatic carbocycles. The van der Waals surface area contributed by atoms with Crippen LogP contribution in [-0.4, -0.2) is 14.9 Å². The van der Waals surface area contributed by atoms with Gasteiger partial charge in [0.1, 0.15) is 0 Å². The average Bonchev–Trinajstić information content (AvgIpc) is 2.47. The summed E-state index contributed by atoms with van der Waals surface area (Å²) in [4.78, 5) is 0. The first-order chi connectivity index (χ1) is 6.05. The van der Waals surface area contributed by atoms with E-state index in [1.807, 2.05) is 0 Å². The Hall–Kier alpha value is 0.177. The molecule has 1 saturated heterocycles. The van der Waals surface area contributed by atoms with Crippen molar-refractivity contribution in [3.8, 4) is 0 Å². The second kappa shape index (κ2) is 4.14. The third-order valence-corrected chi connectivity index (χ3v) is 10.0. The van der Waals surface area contributed by atoms with E-state index in [9.17, 15) is 0 Å². The Balaban J connectivity index is 2.88. The Bertz CT molecular complexity index is 157. The molecule has 0 amide bonds. The summed E-state index contributed by atoms with van der Waals surface area (Å²) in [5, 5.41) is 0. The van der Waals surface area contributed by atoms with Crippen molar-refractivity contribution in [2.45, 2.75) is 64.1 Å². The largest absolute Gasteiger partial charge is 0.416 e. The maximum absolute atomic E-state index is 6.21. The predicted molar refractivity (Wildman–Crippen MR) is 60.6 cm³/mol. The molecule has 13 heavy (non-hydrogen) atoms. The highest BCUT2D eigenvalue weighted by Gasteiger charge is 2.51. The van der Waals surface area contributed by atoms with Crippen LogP contribution in [-0.2, 0) is 4.43 Å². The molecule has 1 aliphatic heterocycles. The van der Waals surface area contributed by atoms with Gasteiger partial charge in [0.2, 0.25) is 8.32 Å². The molecule has 1 heterocycles. The van der Waals surface area contributed by atoms with Gasteiger partial charge in [-0.3, -0.25) is 0 Å². The second-order valence-corrected chi connectivity index (χ2v) is 10.0. The smallest absolute Gasteiger partial charge is 0.200 e. The molecule has 0 bridgehead atoms. The van der Waals surface area contributed by atoms with Crippen LogP contribution in [0.25, 0.3) is 0 Å². The molecule has 0 saturated carbocycles. The van der Waals surface area contributed by atoms with Crippen LogP contribution in [0.15, 0.2) is 0 Å². The number of hydrogen-bond acceptors (Lipinski definition) is 1. The summed E-state index contributed by atoms with van der Waals surface area (Å²) < 4.78 is 6.21. The molecular weight excluding hydrogens is 176 g/mol. The zero-order valence-electron chi connectivity index (χ0n) is 9.76. The van der Waals surface area contributed by atoms with Crippen LogP contribution in [0.5, 0.6) is 0 Å². The van der Waals surface area contributed by atoms with E-state index >= 15 is 0 Å². The molecule has 1 nitrogen and oxygen atoms in total. The maximum Gasteiger partial charge on any atom is 0.200 e. The fraction of sp³-hybridized carbons (Fsp3) is 1.00. The van der Waals surface area contributed by atoms with Gasteiger partial charge < -0.3 is 4.43 Å². The molecule has 1 atom stereocenters. The topological polar surface area (TPSA) is 9.23 Å². The van der Waals surface area contributed by atoms with Gasteiger partial charge in [-0.15, -0.1) is 0 Å². The minimum Gasteiger partial charge on any atom is -0.416 e. The van der Waals surface area contributed by atoms with Gasteiger partial charge in [0.15, 0.2) is 0 Å². The Morgan fingerprint density at radius 3 is 2.08 bits per heavy atom. The van der Waals surface area contributed by atoms with Crippen molar-refractivity contribution in [3.05, 3.63) is 0 Å². The lowest BCUT2D eigenvalue weighted by atomic mass is 10.2. The zero-order chi connectivity index (χ0) is 10.1. The van der Waals surface area contributed by atoms with Crippen LogP contribution in [0.3, 0.4) is 0 Å². The summed E-state index contributed by atoms with van der Waals surface area (Å²) in [5.41, 5.74) is 2.47. The molecule has 0 N–H and O–H groups in total. The molecule has 1 rings (SSSR count). The van der Waals surface area contributed by atoms with E-state index in [1.54, 1.807) is 0 Å². The maximum atomic E-state index is 6.21. The van der Waals surface area contributed by atoms with Gasteiger partial charge in [-0.25, -0.2) is 0 Å². The van der Waals surface area contributed by atoms with Crippen molar-refractivity contribution in [2.75, 3.05) is 6.61 Å². The Morgan fingerprint density at radius 1 is 1.23 bits per heavy atom. The molecule has 1 fully saturated rings. The lowest BCUT2D eigenvalue weighted by molar-refractivity contribution is 0.329. The van der Waals surface area contributed by atoms with Crippen LogP contribution < -0.4 is 0 Å². The first kappa shape index (κ1) is 11.3. The zero-order valence-corrected chi connectivity index (χ0v) is 10.8. The molecule has 1 unspecified atom stereocenters. The summed E-state index contributed by atoms with van der Waals surface area (Å²) in [6, 6.07) is 0. The minimum atomic E-state index is -1.42. The summed E-state index contributed by atoms with van der Waals surface area (Å²) in [5.74, 6) is 0. The van der Waals surface area contributed by atoms with Gasteiger partial charge >= 0.3 is 0 Å². The standard InChI is InChI=1S/C11H24OSi/c1-6-11-7-8-12-13(11,9(2)3)10(4)5/h9-11H,6-8H2,1-5H3. The van der Waals surface area contributed by atoms with Gasteiger partial charge in [0.25, 0.3) is 0 Å². The summed E-state index contributed by atoms with van der Waals surface area (Å²) >= 11 is 0. The van der Waals surface area contributed by atoms with Crippen molar-refractivity contribution in [1.82, 2.24) is 0 Å². The van der Waals surface area contributed by atoms with E-state index in [4.69, 9.17) is 4.43 Å². The van der Waals surface area contributed by atoms with Gasteiger partial charge in [0, 0.05) is 6.61 Å². The summed E-state index contributed by atoms with van der Waals surface area (Å²) in [6.07, 6.45) is 2.64. The van der Waals surface area contributed by atoms with Crippen molar-refractivity contribution >= 4 is 8.32 Å². The van der Waals surface area contributed by atoms with Crippen molar-refractivity contribution in [3.63, 3.8) is 0 Å². The lowest BCUT2D eigenvalue weighted by Gasteiger charge is -2.38. The van der Waals surface area contributed by atoms with E-state index < -0.39 is 8.32 Å². The average molecular weight is 200 g/mol. The second-order valence-electron chi connectivity index (χ2n) is 4.91. The van der Waals surface area contributed by atoms with Crippen LogP contribution in [0.1, 0.15) is 47.5 Å². The first-order valence-corrected chi connectivity index (χ1v) is 7.83. The number of rotatable bonds is 3. The molecule has 0 radical (unpaired) electrons. The molecule has 0 spiro atoms. The molecule has 1 aliphatic rings. The third kappa shape index (κ3) is 1.71. The van der Waals surface area contributed by atoms with Crippen molar-refractivity contribution in [1.29, 1.82) is 0 Å². The van der Waals surface area contributed by atoms with Gasteiger partial charge in [-0.05, 0) is 23.0 Å². The molecular formula is C11H24OSi. The minimum absolute atomic E-state index is 0.778. The lowest BCUT2D eigenvalue weighted by Crippen LogP contribution is -2.44. The van der Waals surface area contributed by atoms with E-state index in [1.165, 1.54) is 12.8 Å². The Labute approximate surface area is 84.0 Å². The fourth-order valence-corrected chi connectivity index (χ4v) is 8.99. The number of hydrogen-bond donors (Lipinski definition) is 0. The van der Waals surface area contributed by atoms with Crippen LogP contribution >= 0.6 is 0 Å².